The Labute approximate surface area is 123 Å². The van der Waals surface area contributed by atoms with Gasteiger partial charge >= 0.3 is 5.97 Å². The molecule has 2 atom stereocenters. The number of esters is 1. The summed E-state index contributed by atoms with van der Waals surface area (Å²) in [7, 11) is 1.34. The van der Waals surface area contributed by atoms with E-state index in [4.69, 9.17) is 10.2 Å². The first-order valence-electron chi connectivity index (χ1n) is 7.22. The van der Waals surface area contributed by atoms with E-state index in [1.54, 1.807) is 12.1 Å². The van der Waals surface area contributed by atoms with Gasteiger partial charge in [0.2, 0.25) is 5.76 Å². The Morgan fingerprint density at radius 2 is 2.14 bits per heavy atom. The molecule has 1 aliphatic rings. The maximum atomic E-state index is 11.5. The van der Waals surface area contributed by atoms with Gasteiger partial charge in [0, 0.05) is 5.92 Å². The van der Waals surface area contributed by atoms with Crippen LogP contribution in [0.5, 0.6) is 0 Å². The van der Waals surface area contributed by atoms with Gasteiger partial charge < -0.3 is 14.9 Å². The average Bonchev–Trinajstić information content (AvgIpc) is 3.03. The number of carbonyl (C=O) groups excluding carboxylic acids is 1. The van der Waals surface area contributed by atoms with Gasteiger partial charge in [-0.05, 0) is 42.5 Å². The molecule has 4 nitrogen and oxygen atoms in total. The molecule has 0 fully saturated rings. The molecule has 2 aromatic rings. The Bertz CT molecular complexity index is 647. The number of fused-ring (bicyclic) bond motifs is 1. The van der Waals surface area contributed by atoms with Gasteiger partial charge in [-0.1, -0.05) is 24.3 Å². The van der Waals surface area contributed by atoms with Gasteiger partial charge in [-0.15, -0.1) is 0 Å². The van der Waals surface area contributed by atoms with Crippen molar-refractivity contribution in [1.29, 1.82) is 0 Å². The maximum absolute atomic E-state index is 11.5. The van der Waals surface area contributed by atoms with E-state index in [0.29, 0.717) is 5.76 Å². The fraction of sp³-hybridized carbons (Fsp3) is 0.353. The number of hydrogen-bond acceptors (Lipinski definition) is 4. The van der Waals surface area contributed by atoms with Crippen LogP contribution in [0.1, 0.15) is 52.2 Å². The van der Waals surface area contributed by atoms with Crippen molar-refractivity contribution in [2.75, 3.05) is 7.11 Å². The lowest BCUT2D eigenvalue weighted by Crippen LogP contribution is -2.23. The highest BCUT2D eigenvalue weighted by molar-refractivity contribution is 5.86. The van der Waals surface area contributed by atoms with Crippen LogP contribution in [-0.2, 0) is 11.2 Å². The lowest BCUT2D eigenvalue weighted by Gasteiger charge is -2.29. The smallest absolute Gasteiger partial charge is 0.373 e. The number of aryl methyl sites for hydroxylation is 1. The normalized spacial score (nSPS) is 18.9. The first-order chi connectivity index (χ1) is 10.2. The van der Waals surface area contributed by atoms with Crippen molar-refractivity contribution in [3.63, 3.8) is 0 Å². The molecule has 2 unspecified atom stereocenters. The number of hydrogen-bond donors (Lipinski definition) is 1. The molecular formula is C17H19NO3. The van der Waals surface area contributed by atoms with Crippen LogP contribution < -0.4 is 5.73 Å². The van der Waals surface area contributed by atoms with E-state index in [0.717, 1.165) is 19.3 Å². The number of ether oxygens (including phenoxy) is 1. The van der Waals surface area contributed by atoms with E-state index in [1.165, 1.54) is 18.2 Å². The van der Waals surface area contributed by atoms with Gasteiger partial charge in [0.1, 0.15) is 5.76 Å². The monoisotopic (exact) mass is 285 g/mol. The number of nitrogens with two attached hydrogens (primary N) is 1. The second-order valence-electron chi connectivity index (χ2n) is 5.42. The second-order valence-corrected chi connectivity index (χ2v) is 5.42. The summed E-state index contributed by atoms with van der Waals surface area (Å²) >= 11 is 0. The molecule has 3 rings (SSSR count). The van der Waals surface area contributed by atoms with E-state index in [-0.39, 0.29) is 17.7 Å². The van der Waals surface area contributed by atoms with Crippen molar-refractivity contribution in [2.24, 2.45) is 5.73 Å². The van der Waals surface area contributed by atoms with Crippen LogP contribution in [0.15, 0.2) is 40.8 Å². The SMILES string of the molecule is COC(=O)c1ccc(C(N)C2CCCc3ccccc32)o1. The number of benzene rings is 1. The molecule has 0 saturated carbocycles. The third-order valence-electron chi connectivity index (χ3n) is 4.19. The zero-order chi connectivity index (χ0) is 14.8. The molecule has 21 heavy (non-hydrogen) atoms. The van der Waals surface area contributed by atoms with Crippen LogP contribution in [0.3, 0.4) is 0 Å². The highest BCUT2D eigenvalue weighted by Gasteiger charge is 2.28. The minimum atomic E-state index is -0.475. The quantitative estimate of drug-likeness (QED) is 0.880. The summed E-state index contributed by atoms with van der Waals surface area (Å²) in [4.78, 5) is 11.5. The zero-order valence-electron chi connectivity index (χ0n) is 12.0. The van der Waals surface area contributed by atoms with Crippen molar-refractivity contribution in [1.82, 2.24) is 0 Å². The van der Waals surface area contributed by atoms with E-state index < -0.39 is 5.97 Å². The summed E-state index contributed by atoms with van der Waals surface area (Å²) in [5, 5.41) is 0. The van der Waals surface area contributed by atoms with Crippen molar-refractivity contribution >= 4 is 5.97 Å². The summed E-state index contributed by atoms with van der Waals surface area (Å²) in [6.45, 7) is 0. The van der Waals surface area contributed by atoms with Crippen LogP contribution in [-0.4, -0.2) is 13.1 Å². The molecule has 0 saturated heterocycles. The van der Waals surface area contributed by atoms with Crippen molar-refractivity contribution in [2.45, 2.75) is 31.2 Å². The van der Waals surface area contributed by atoms with E-state index in [1.807, 2.05) is 6.07 Å². The summed E-state index contributed by atoms with van der Waals surface area (Å²) in [5.74, 6) is 0.591. The largest absolute Gasteiger partial charge is 0.463 e. The predicted octanol–water partition coefficient (Wildman–Crippen LogP) is 3.19. The standard InChI is InChI=1S/C17H19NO3/c1-20-17(19)15-10-9-14(21-15)16(18)13-8-4-6-11-5-2-3-7-12(11)13/h2-3,5,7,9-10,13,16H,4,6,8,18H2,1H3. The Hall–Kier alpha value is -2.07. The molecule has 1 aliphatic carbocycles. The van der Waals surface area contributed by atoms with Crippen molar-refractivity contribution in [3.05, 3.63) is 59.0 Å². The molecule has 1 aromatic heterocycles. The van der Waals surface area contributed by atoms with E-state index in [9.17, 15) is 4.79 Å². The Balaban J connectivity index is 1.87. The lowest BCUT2D eigenvalue weighted by atomic mass is 9.78. The summed E-state index contributed by atoms with van der Waals surface area (Å²) in [6, 6.07) is 11.6. The van der Waals surface area contributed by atoms with Crippen LogP contribution in [0.2, 0.25) is 0 Å². The zero-order valence-corrected chi connectivity index (χ0v) is 12.0. The highest BCUT2D eigenvalue weighted by atomic mass is 16.5. The van der Waals surface area contributed by atoms with Gasteiger partial charge in [-0.2, -0.15) is 0 Å². The number of carbonyl (C=O) groups is 1. The van der Waals surface area contributed by atoms with Gasteiger partial charge in [-0.25, -0.2) is 4.79 Å². The van der Waals surface area contributed by atoms with Gasteiger partial charge in [0.15, 0.2) is 0 Å². The van der Waals surface area contributed by atoms with Crippen LogP contribution in [0.25, 0.3) is 0 Å². The third-order valence-corrected chi connectivity index (χ3v) is 4.19. The molecule has 0 amide bonds. The van der Waals surface area contributed by atoms with Gasteiger partial charge in [0.25, 0.3) is 0 Å². The van der Waals surface area contributed by atoms with Crippen LogP contribution >= 0.6 is 0 Å². The second kappa shape index (κ2) is 5.74. The number of furan rings is 1. The van der Waals surface area contributed by atoms with E-state index >= 15 is 0 Å². The molecule has 2 N–H and O–H groups in total. The fourth-order valence-corrected chi connectivity index (χ4v) is 3.11. The van der Waals surface area contributed by atoms with Crippen LogP contribution in [0, 0.1) is 0 Å². The molecule has 1 heterocycles. The Kier molecular flexibility index (Phi) is 3.80. The molecule has 1 aromatic carbocycles. The van der Waals surface area contributed by atoms with Crippen LogP contribution in [0.4, 0.5) is 0 Å². The molecule has 0 bridgehead atoms. The first-order valence-corrected chi connectivity index (χ1v) is 7.22. The maximum Gasteiger partial charge on any atom is 0.373 e. The predicted molar refractivity (Wildman–Crippen MR) is 79.1 cm³/mol. The van der Waals surface area contributed by atoms with Crippen molar-refractivity contribution < 1.29 is 13.9 Å². The molecule has 4 heteroatoms. The van der Waals surface area contributed by atoms with Gasteiger partial charge in [-0.3, -0.25) is 0 Å². The highest BCUT2D eigenvalue weighted by Crippen LogP contribution is 2.39. The average molecular weight is 285 g/mol. The number of rotatable bonds is 3. The molecule has 0 aliphatic heterocycles. The minimum Gasteiger partial charge on any atom is -0.463 e. The van der Waals surface area contributed by atoms with Gasteiger partial charge in [0.05, 0.1) is 13.2 Å². The first kappa shape index (κ1) is 13.9. The summed E-state index contributed by atoms with van der Waals surface area (Å²) in [6.07, 6.45) is 3.26. The number of methoxy groups -OCH3 is 1. The molecule has 0 radical (unpaired) electrons. The lowest BCUT2D eigenvalue weighted by molar-refractivity contribution is 0.0562. The van der Waals surface area contributed by atoms with Crippen molar-refractivity contribution in [3.8, 4) is 0 Å². The molecular weight excluding hydrogens is 266 g/mol. The third kappa shape index (κ3) is 2.59. The summed E-state index contributed by atoms with van der Waals surface area (Å²) in [5.41, 5.74) is 9.06. The Morgan fingerprint density at radius 1 is 1.33 bits per heavy atom. The molecule has 0 spiro atoms. The topological polar surface area (TPSA) is 65.5 Å². The minimum absolute atomic E-state index is 0.201. The molecule has 110 valence electrons. The fourth-order valence-electron chi connectivity index (χ4n) is 3.11. The Morgan fingerprint density at radius 3 is 2.95 bits per heavy atom. The van der Waals surface area contributed by atoms with E-state index in [2.05, 4.69) is 22.9 Å². The summed E-state index contributed by atoms with van der Waals surface area (Å²) < 4.78 is 10.2.